The minimum atomic E-state index is -1.24. The molecule has 6 heteroatoms. The second kappa shape index (κ2) is 11.0. The van der Waals surface area contributed by atoms with Gasteiger partial charge < -0.3 is 14.2 Å². The zero-order valence-corrected chi connectivity index (χ0v) is 16.9. The molecule has 29 heavy (non-hydrogen) atoms. The molecule has 154 valence electrons. The highest BCUT2D eigenvalue weighted by Crippen LogP contribution is 2.33. The minimum Gasteiger partial charge on any atom is -0.497 e. The van der Waals surface area contributed by atoms with Gasteiger partial charge in [0.15, 0.2) is 11.7 Å². The highest BCUT2D eigenvalue weighted by molar-refractivity contribution is 6.00. The van der Waals surface area contributed by atoms with Crippen LogP contribution >= 0.6 is 0 Å². The van der Waals surface area contributed by atoms with Crippen molar-refractivity contribution < 1.29 is 28.6 Å². The molecule has 0 aliphatic heterocycles. The molecule has 0 saturated heterocycles. The number of Topliss-reactive ketones (excluding diaryl/α,β-unsaturated/α-hetero) is 1. The molecule has 2 rings (SSSR count). The number of rotatable bonds is 10. The van der Waals surface area contributed by atoms with E-state index in [-0.39, 0.29) is 25.4 Å². The van der Waals surface area contributed by atoms with Crippen LogP contribution in [0.2, 0.25) is 0 Å². The lowest BCUT2D eigenvalue weighted by Crippen LogP contribution is -2.34. The number of methoxy groups -OCH3 is 1. The predicted octanol–water partition coefficient (Wildman–Crippen LogP) is 3.79. The van der Waals surface area contributed by atoms with E-state index >= 15 is 0 Å². The van der Waals surface area contributed by atoms with E-state index in [0.29, 0.717) is 16.9 Å². The minimum absolute atomic E-state index is 0.0430. The standard InChI is InChI=1S/C23H26O6/c1-4-28-22(25)21(23(26)29-5-2)19(16-11-13-18(27-3)14-12-16)15-20(24)17-9-7-6-8-10-17/h6-14,19,21H,4-5,15H2,1-3H3/t19-/m0/s1. The predicted molar refractivity (Wildman–Crippen MR) is 108 cm³/mol. The largest absolute Gasteiger partial charge is 0.497 e. The first kappa shape index (κ1) is 22.1. The summed E-state index contributed by atoms with van der Waals surface area (Å²) in [5, 5.41) is 0. The number of hydrogen-bond donors (Lipinski definition) is 0. The topological polar surface area (TPSA) is 78.9 Å². The van der Waals surface area contributed by atoms with Gasteiger partial charge in [0.1, 0.15) is 5.75 Å². The van der Waals surface area contributed by atoms with E-state index < -0.39 is 23.8 Å². The number of carbonyl (C=O) groups is 3. The van der Waals surface area contributed by atoms with Gasteiger partial charge in [0.25, 0.3) is 0 Å². The summed E-state index contributed by atoms with van der Waals surface area (Å²) in [6, 6.07) is 15.7. The molecule has 2 aromatic carbocycles. The maximum atomic E-state index is 12.9. The number of esters is 2. The summed E-state index contributed by atoms with van der Waals surface area (Å²) in [5.74, 6) is -2.92. The molecule has 0 N–H and O–H groups in total. The van der Waals surface area contributed by atoms with Crippen molar-refractivity contribution in [1.82, 2.24) is 0 Å². The van der Waals surface area contributed by atoms with Crippen LogP contribution in [0.1, 0.15) is 42.1 Å². The lowest BCUT2D eigenvalue weighted by molar-refractivity contribution is -0.162. The van der Waals surface area contributed by atoms with Gasteiger partial charge in [-0.3, -0.25) is 14.4 Å². The number of ether oxygens (including phenoxy) is 3. The second-order valence-corrected chi connectivity index (χ2v) is 6.35. The van der Waals surface area contributed by atoms with E-state index in [9.17, 15) is 14.4 Å². The zero-order chi connectivity index (χ0) is 21.2. The normalized spacial score (nSPS) is 11.6. The van der Waals surface area contributed by atoms with Gasteiger partial charge in [0, 0.05) is 17.9 Å². The summed E-state index contributed by atoms with van der Waals surface area (Å²) in [6.07, 6.45) is -0.0430. The molecule has 0 heterocycles. The van der Waals surface area contributed by atoms with Crippen molar-refractivity contribution >= 4 is 17.7 Å². The van der Waals surface area contributed by atoms with Crippen molar-refractivity contribution in [2.24, 2.45) is 5.92 Å². The zero-order valence-electron chi connectivity index (χ0n) is 16.9. The fourth-order valence-corrected chi connectivity index (χ4v) is 3.11. The number of benzene rings is 2. The summed E-state index contributed by atoms with van der Waals surface area (Å²) in [5.41, 5.74) is 1.17. The van der Waals surface area contributed by atoms with Crippen molar-refractivity contribution in [3.8, 4) is 5.75 Å². The molecule has 0 radical (unpaired) electrons. The smallest absolute Gasteiger partial charge is 0.320 e. The molecule has 2 aromatic rings. The van der Waals surface area contributed by atoms with Crippen LogP contribution in [0.3, 0.4) is 0 Å². The Bertz CT molecular complexity index is 795. The highest BCUT2D eigenvalue weighted by Gasteiger charge is 2.39. The third-order valence-electron chi connectivity index (χ3n) is 4.53. The molecule has 0 unspecified atom stereocenters. The molecule has 0 aromatic heterocycles. The van der Waals surface area contributed by atoms with Crippen molar-refractivity contribution in [2.45, 2.75) is 26.2 Å². The number of hydrogen-bond acceptors (Lipinski definition) is 6. The maximum absolute atomic E-state index is 12.9. The van der Waals surface area contributed by atoms with Gasteiger partial charge in [-0.2, -0.15) is 0 Å². The van der Waals surface area contributed by atoms with Crippen LogP contribution in [0.25, 0.3) is 0 Å². The Labute approximate surface area is 170 Å². The van der Waals surface area contributed by atoms with Gasteiger partial charge in [-0.05, 0) is 31.5 Å². The lowest BCUT2D eigenvalue weighted by Gasteiger charge is -2.24. The first-order valence-electron chi connectivity index (χ1n) is 9.57. The van der Waals surface area contributed by atoms with Crippen LogP contribution in [0.15, 0.2) is 54.6 Å². The molecular formula is C23H26O6. The quantitative estimate of drug-likeness (QED) is 0.344. The van der Waals surface area contributed by atoms with E-state index in [0.717, 1.165) is 0 Å². The van der Waals surface area contributed by atoms with Gasteiger partial charge >= 0.3 is 11.9 Å². The summed E-state index contributed by atoms with van der Waals surface area (Å²) in [4.78, 5) is 38.2. The van der Waals surface area contributed by atoms with E-state index in [1.54, 1.807) is 69.5 Å². The Balaban J connectivity index is 2.45. The summed E-state index contributed by atoms with van der Waals surface area (Å²) < 4.78 is 15.4. The molecule has 0 amide bonds. The molecule has 0 saturated carbocycles. The van der Waals surface area contributed by atoms with Gasteiger partial charge in [-0.15, -0.1) is 0 Å². The molecular weight excluding hydrogens is 372 g/mol. The van der Waals surface area contributed by atoms with Crippen molar-refractivity contribution in [2.75, 3.05) is 20.3 Å². The van der Waals surface area contributed by atoms with Crippen molar-refractivity contribution in [1.29, 1.82) is 0 Å². The third-order valence-corrected chi connectivity index (χ3v) is 4.53. The molecule has 0 aliphatic carbocycles. The Morgan fingerprint density at radius 2 is 1.38 bits per heavy atom. The Morgan fingerprint density at radius 1 is 0.828 bits per heavy atom. The second-order valence-electron chi connectivity index (χ2n) is 6.35. The SMILES string of the molecule is CCOC(=O)C(C(=O)OCC)[C@@H](CC(=O)c1ccccc1)c1ccc(OC)cc1. The fraction of sp³-hybridized carbons (Fsp3) is 0.348. The lowest BCUT2D eigenvalue weighted by atomic mass is 9.81. The van der Waals surface area contributed by atoms with Crippen LogP contribution in [0.5, 0.6) is 5.75 Å². The van der Waals surface area contributed by atoms with Crippen LogP contribution in [-0.2, 0) is 19.1 Å². The van der Waals surface area contributed by atoms with Crippen LogP contribution in [-0.4, -0.2) is 38.0 Å². The molecule has 0 aliphatic rings. The van der Waals surface area contributed by atoms with Crippen LogP contribution < -0.4 is 4.74 Å². The van der Waals surface area contributed by atoms with Crippen molar-refractivity contribution in [3.05, 3.63) is 65.7 Å². The van der Waals surface area contributed by atoms with Gasteiger partial charge in [0.2, 0.25) is 0 Å². The van der Waals surface area contributed by atoms with Gasteiger partial charge in [0.05, 0.1) is 20.3 Å². The molecule has 0 spiro atoms. The van der Waals surface area contributed by atoms with Gasteiger partial charge in [-0.1, -0.05) is 42.5 Å². The van der Waals surface area contributed by atoms with Crippen LogP contribution in [0.4, 0.5) is 0 Å². The molecule has 6 nitrogen and oxygen atoms in total. The fourth-order valence-electron chi connectivity index (χ4n) is 3.11. The van der Waals surface area contributed by atoms with E-state index in [4.69, 9.17) is 14.2 Å². The monoisotopic (exact) mass is 398 g/mol. The Hall–Kier alpha value is -3.15. The van der Waals surface area contributed by atoms with Crippen molar-refractivity contribution in [3.63, 3.8) is 0 Å². The Kier molecular flexibility index (Phi) is 8.40. The van der Waals surface area contributed by atoms with Crippen LogP contribution in [0, 0.1) is 5.92 Å². The maximum Gasteiger partial charge on any atom is 0.320 e. The average molecular weight is 398 g/mol. The highest BCUT2D eigenvalue weighted by atomic mass is 16.6. The van der Waals surface area contributed by atoms with Gasteiger partial charge in [-0.25, -0.2) is 0 Å². The van der Waals surface area contributed by atoms with E-state index in [1.165, 1.54) is 0 Å². The third kappa shape index (κ3) is 5.91. The van der Waals surface area contributed by atoms with E-state index in [2.05, 4.69) is 0 Å². The first-order chi connectivity index (χ1) is 14.0. The summed E-state index contributed by atoms with van der Waals surface area (Å²) in [7, 11) is 1.55. The molecule has 1 atom stereocenters. The number of ketones is 1. The number of carbonyl (C=O) groups excluding carboxylic acids is 3. The summed E-state index contributed by atoms with van der Waals surface area (Å²) in [6.45, 7) is 3.57. The molecule has 0 fully saturated rings. The summed E-state index contributed by atoms with van der Waals surface area (Å²) >= 11 is 0. The van der Waals surface area contributed by atoms with E-state index in [1.807, 2.05) is 6.07 Å². The Morgan fingerprint density at radius 3 is 1.86 bits per heavy atom. The average Bonchev–Trinajstić information content (AvgIpc) is 2.74. The molecule has 0 bridgehead atoms. The first-order valence-corrected chi connectivity index (χ1v) is 9.57.